The third-order valence-electron chi connectivity index (χ3n) is 7.57. The molecule has 0 aliphatic carbocycles. The first-order valence-corrected chi connectivity index (χ1v) is 18.5. The molecule has 0 saturated heterocycles. The third-order valence-corrected chi connectivity index (χ3v) is 20.1. The van der Waals surface area contributed by atoms with Crippen molar-refractivity contribution < 1.29 is 8.85 Å². The molecule has 0 amide bonds. The van der Waals surface area contributed by atoms with Crippen LogP contribution in [0, 0.1) is 0 Å². The molecule has 0 spiro atoms. The van der Waals surface area contributed by atoms with Gasteiger partial charge in [0.25, 0.3) is 8.32 Å². The van der Waals surface area contributed by atoms with E-state index < -0.39 is 16.6 Å². The van der Waals surface area contributed by atoms with E-state index in [0.717, 1.165) is 14.7 Å². The minimum absolute atomic E-state index is 0.538. The molecule has 190 valence electrons. The minimum atomic E-state index is -2.02. The summed E-state index contributed by atoms with van der Waals surface area (Å²) in [4.78, 5) is 0. The van der Waals surface area contributed by atoms with Crippen LogP contribution in [0.4, 0.5) is 0 Å². The molecule has 1 rings (SSSR count). The maximum Gasteiger partial charge on any atom is 0.258 e. The Balaban J connectivity index is 3.50. The molecule has 2 nitrogen and oxygen atoms in total. The van der Waals surface area contributed by atoms with Crippen molar-refractivity contribution in [1.29, 1.82) is 0 Å². The van der Waals surface area contributed by atoms with Gasteiger partial charge in [-0.2, -0.15) is 0 Å². The topological polar surface area (TPSA) is 18.5 Å². The molecule has 0 aliphatic heterocycles. The summed E-state index contributed by atoms with van der Waals surface area (Å²) in [7, 11) is -3.99. The van der Waals surface area contributed by atoms with Crippen LogP contribution in [0.25, 0.3) is 6.08 Å². The molecule has 0 saturated carbocycles. The van der Waals surface area contributed by atoms with Crippen molar-refractivity contribution >= 4 is 54.6 Å². The van der Waals surface area contributed by atoms with E-state index in [1.54, 1.807) is 0 Å². The zero-order valence-electron chi connectivity index (χ0n) is 23.1. The van der Waals surface area contributed by atoms with Gasteiger partial charge in [0.15, 0.2) is 0 Å². The Morgan fingerprint density at radius 2 is 1.15 bits per heavy atom. The van der Waals surface area contributed by atoms with Gasteiger partial charge in [0.2, 0.25) is 8.32 Å². The first-order chi connectivity index (χ1) is 15.1. The van der Waals surface area contributed by atoms with E-state index in [1.165, 1.54) is 5.56 Å². The van der Waals surface area contributed by atoms with Crippen LogP contribution in [-0.2, 0) is 11.0 Å². The average molecular weight is 621 g/mol. The van der Waals surface area contributed by atoms with Gasteiger partial charge in [0.1, 0.15) is 5.75 Å². The lowest BCUT2D eigenvalue weighted by atomic mass is 10.1. The van der Waals surface area contributed by atoms with E-state index in [9.17, 15) is 0 Å². The van der Waals surface area contributed by atoms with Crippen molar-refractivity contribution in [2.45, 2.75) is 123 Å². The molecular formula is C27H48Br2O2Si2. The van der Waals surface area contributed by atoms with Crippen LogP contribution < -0.4 is 4.43 Å². The van der Waals surface area contributed by atoms with Gasteiger partial charge in [-0.3, -0.25) is 0 Å². The third kappa shape index (κ3) is 7.08. The normalized spacial score (nSPS) is 13.2. The zero-order chi connectivity index (χ0) is 25.7. The number of hydrogen-bond donors (Lipinski definition) is 0. The summed E-state index contributed by atoms with van der Waals surface area (Å²) in [5.74, 6) is 0.991. The quantitative estimate of drug-likeness (QED) is 0.217. The van der Waals surface area contributed by atoms with Crippen LogP contribution in [0.3, 0.4) is 0 Å². The molecular weight excluding hydrogens is 572 g/mol. The fraction of sp³-hybridized carbons (Fsp3) is 0.704. The first-order valence-electron chi connectivity index (χ1n) is 12.6. The van der Waals surface area contributed by atoms with Crippen molar-refractivity contribution in [2.75, 3.05) is 0 Å². The van der Waals surface area contributed by atoms with Crippen LogP contribution >= 0.6 is 31.9 Å². The molecule has 0 atom stereocenters. The average Bonchev–Trinajstić information content (AvgIpc) is 2.65. The molecule has 0 N–H and O–H groups in total. The Hall–Kier alpha value is 0.114. The summed E-state index contributed by atoms with van der Waals surface area (Å²) < 4.78 is 14.9. The van der Waals surface area contributed by atoms with Gasteiger partial charge in [0.05, 0.1) is 10.00 Å². The smallest absolute Gasteiger partial charge is 0.258 e. The van der Waals surface area contributed by atoms with E-state index in [0.29, 0.717) is 39.9 Å². The van der Waals surface area contributed by atoms with Gasteiger partial charge < -0.3 is 8.85 Å². The Bertz CT molecular complexity index is 739. The molecule has 0 aromatic heterocycles. The summed E-state index contributed by atoms with van der Waals surface area (Å²) >= 11 is 7.10. The van der Waals surface area contributed by atoms with Gasteiger partial charge in [0, 0.05) is 0 Å². The van der Waals surface area contributed by atoms with Crippen molar-refractivity contribution in [3.63, 3.8) is 0 Å². The van der Waals surface area contributed by atoms with Crippen LogP contribution in [0.15, 0.2) is 21.6 Å². The fourth-order valence-corrected chi connectivity index (χ4v) is 17.4. The second-order valence-electron chi connectivity index (χ2n) is 11.3. The molecule has 0 heterocycles. The highest BCUT2D eigenvalue weighted by atomic mass is 79.9. The predicted octanol–water partition coefficient (Wildman–Crippen LogP) is 11.0. The molecule has 1 aromatic rings. The largest absolute Gasteiger partial charge is 0.543 e. The highest BCUT2D eigenvalue weighted by Gasteiger charge is 2.47. The molecule has 1 aromatic carbocycles. The molecule has 0 radical (unpaired) electrons. The molecule has 33 heavy (non-hydrogen) atoms. The van der Waals surface area contributed by atoms with Gasteiger partial charge in [-0.25, -0.2) is 0 Å². The Morgan fingerprint density at radius 1 is 0.727 bits per heavy atom. The number of benzene rings is 1. The van der Waals surface area contributed by atoms with Crippen molar-refractivity contribution in [3.05, 3.63) is 32.7 Å². The number of rotatable bonds is 12. The van der Waals surface area contributed by atoms with Crippen molar-refractivity contribution in [2.24, 2.45) is 0 Å². The standard InChI is InChI=1S/C27H48Br2O2Si2/c1-18(2)32(19(3)4,20(5)6)30-17-25-15-26(14-13-24(25)16-27(28)29)31-33(21(7)8,22(9)10)23(11)12/h13-16,18-23H,17H2,1-12H3. The van der Waals surface area contributed by atoms with Gasteiger partial charge >= 0.3 is 0 Å². The Labute approximate surface area is 223 Å². The summed E-state index contributed by atoms with van der Waals surface area (Å²) in [5, 5.41) is 0. The molecule has 0 bridgehead atoms. The second-order valence-corrected chi connectivity index (χ2v) is 24.9. The maximum atomic E-state index is 7.01. The van der Waals surface area contributed by atoms with Gasteiger partial charge in [-0.05, 0) is 94.4 Å². The lowest BCUT2D eigenvalue weighted by Gasteiger charge is -2.43. The van der Waals surface area contributed by atoms with E-state index in [1.807, 2.05) is 0 Å². The van der Waals surface area contributed by atoms with E-state index >= 15 is 0 Å². The molecule has 6 heteroatoms. The zero-order valence-corrected chi connectivity index (χ0v) is 28.2. The lowest BCUT2D eigenvalue weighted by molar-refractivity contribution is 0.265. The molecule has 0 unspecified atom stereocenters. The monoisotopic (exact) mass is 618 g/mol. The van der Waals surface area contributed by atoms with Gasteiger partial charge in [-0.1, -0.05) is 89.2 Å². The summed E-state index contributed by atoms with van der Waals surface area (Å²) in [5.41, 5.74) is 5.65. The van der Waals surface area contributed by atoms with Crippen molar-refractivity contribution in [3.8, 4) is 5.75 Å². The second kappa shape index (κ2) is 12.9. The summed E-state index contributed by atoms with van der Waals surface area (Å²) in [6.07, 6.45) is 2.11. The number of hydrogen-bond acceptors (Lipinski definition) is 2. The summed E-state index contributed by atoms with van der Waals surface area (Å²) in [6, 6.07) is 6.56. The highest BCUT2D eigenvalue weighted by Crippen LogP contribution is 2.45. The predicted molar refractivity (Wildman–Crippen MR) is 160 cm³/mol. The first kappa shape index (κ1) is 31.1. The Kier molecular flexibility index (Phi) is 12.2. The van der Waals surface area contributed by atoms with Crippen molar-refractivity contribution in [1.82, 2.24) is 0 Å². The van der Waals surface area contributed by atoms with Crippen LogP contribution in [0.1, 0.15) is 94.2 Å². The van der Waals surface area contributed by atoms with Crippen LogP contribution in [0.2, 0.25) is 33.2 Å². The van der Waals surface area contributed by atoms with Crippen LogP contribution in [-0.4, -0.2) is 16.6 Å². The number of halogens is 2. The SMILES string of the molecule is CC(C)[Si](OCc1cc(O[Si](C(C)C)(C(C)C)C(C)C)ccc1C=C(Br)Br)(C(C)C)C(C)C. The van der Waals surface area contributed by atoms with E-state index in [2.05, 4.69) is 139 Å². The highest BCUT2D eigenvalue weighted by molar-refractivity contribution is 9.28. The maximum absolute atomic E-state index is 7.01. The fourth-order valence-electron chi connectivity index (χ4n) is 6.29. The lowest BCUT2D eigenvalue weighted by Crippen LogP contribution is -2.50. The van der Waals surface area contributed by atoms with E-state index in [-0.39, 0.29) is 0 Å². The summed E-state index contributed by atoms with van der Waals surface area (Å²) in [6.45, 7) is 28.7. The van der Waals surface area contributed by atoms with E-state index in [4.69, 9.17) is 8.85 Å². The minimum Gasteiger partial charge on any atom is -0.543 e. The molecule has 0 fully saturated rings. The molecule has 0 aliphatic rings. The van der Waals surface area contributed by atoms with Crippen LogP contribution in [0.5, 0.6) is 5.75 Å². The van der Waals surface area contributed by atoms with Gasteiger partial charge in [-0.15, -0.1) is 0 Å². The Morgan fingerprint density at radius 3 is 1.52 bits per heavy atom.